The molecule has 4 rings (SSSR count). The molecule has 0 unspecified atom stereocenters. The van der Waals surface area contributed by atoms with Crippen LogP contribution >= 0.6 is 0 Å². The topological polar surface area (TPSA) is 84.5 Å². The van der Waals surface area contributed by atoms with Crippen LogP contribution in [-0.4, -0.2) is 23.0 Å². The highest BCUT2D eigenvalue weighted by Crippen LogP contribution is 2.36. The first-order valence-corrected chi connectivity index (χ1v) is 11.3. The minimum Gasteiger partial charge on any atom is -0.460 e. The van der Waals surface area contributed by atoms with E-state index in [0.29, 0.717) is 11.1 Å². The van der Waals surface area contributed by atoms with E-state index in [1.807, 2.05) is 33.8 Å². The first-order valence-electron chi connectivity index (χ1n) is 11.3. The fourth-order valence-electron chi connectivity index (χ4n) is 5.70. The van der Waals surface area contributed by atoms with Gasteiger partial charge in [-0.25, -0.2) is 4.79 Å². The second-order valence-corrected chi connectivity index (χ2v) is 10.8. The van der Waals surface area contributed by atoms with Crippen molar-refractivity contribution < 1.29 is 13.6 Å². The molecule has 6 nitrogen and oxygen atoms in total. The minimum absolute atomic E-state index is 0.0110. The number of hydrogen-bond donors (Lipinski definition) is 2. The lowest BCUT2D eigenvalue weighted by molar-refractivity contribution is -0.121. The zero-order valence-electron chi connectivity index (χ0n) is 20.4. The molecular formula is C26H34N2O4. The highest BCUT2D eigenvalue weighted by Gasteiger charge is 2.38. The van der Waals surface area contributed by atoms with Gasteiger partial charge in [-0.1, -0.05) is 0 Å². The molecule has 1 aliphatic heterocycles. The molecule has 1 aliphatic rings. The molecule has 0 saturated carbocycles. The maximum Gasteiger partial charge on any atom is 0.340 e. The number of piperidine rings is 1. The Morgan fingerprint density at radius 2 is 1.66 bits per heavy atom. The first kappa shape index (κ1) is 22.6. The van der Waals surface area contributed by atoms with Gasteiger partial charge in [0.25, 0.3) is 0 Å². The van der Waals surface area contributed by atoms with Crippen molar-refractivity contribution in [3.8, 4) is 0 Å². The summed E-state index contributed by atoms with van der Waals surface area (Å²) in [6.07, 6.45) is 1.65. The van der Waals surface area contributed by atoms with E-state index >= 15 is 0 Å². The van der Waals surface area contributed by atoms with Crippen LogP contribution in [0.2, 0.25) is 0 Å². The molecule has 1 fully saturated rings. The van der Waals surface area contributed by atoms with Crippen molar-refractivity contribution in [3.05, 3.63) is 44.5 Å². The number of benzene rings is 1. The third kappa shape index (κ3) is 3.96. The molecule has 172 valence electrons. The average Bonchev–Trinajstić information content (AvgIpc) is 2.90. The molecule has 0 spiro atoms. The molecule has 6 heteroatoms. The van der Waals surface area contributed by atoms with E-state index in [1.165, 1.54) is 0 Å². The van der Waals surface area contributed by atoms with Gasteiger partial charge >= 0.3 is 5.63 Å². The van der Waals surface area contributed by atoms with Crippen molar-refractivity contribution in [2.75, 3.05) is 0 Å². The zero-order chi connectivity index (χ0) is 23.6. The first-order chi connectivity index (χ1) is 14.8. The summed E-state index contributed by atoms with van der Waals surface area (Å²) >= 11 is 0. The van der Waals surface area contributed by atoms with Crippen molar-refractivity contribution in [3.63, 3.8) is 0 Å². The highest BCUT2D eigenvalue weighted by atomic mass is 16.4. The molecule has 0 radical (unpaired) electrons. The number of carbonyl (C=O) groups is 1. The summed E-state index contributed by atoms with van der Waals surface area (Å²) in [7, 11) is 0. The number of hydrogen-bond acceptors (Lipinski definition) is 5. The largest absolute Gasteiger partial charge is 0.460 e. The van der Waals surface area contributed by atoms with E-state index in [2.05, 4.69) is 38.3 Å². The number of rotatable bonds is 3. The van der Waals surface area contributed by atoms with Gasteiger partial charge in [0.1, 0.15) is 16.9 Å². The second kappa shape index (κ2) is 7.48. The SMILES string of the molecule is Cc1oc2c(c(C)cc3oc(=O)c(CC(=O)NC4CC(C)(C)NC(C)(C)C4)c(C)c32)c1C. The Balaban J connectivity index is 1.70. The number of furan rings is 1. The third-order valence-corrected chi connectivity index (χ3v) is 6.77. The summed E-state index contributed by atoms with van der Waals surface area (Å²) in [5, 5.41) is 8.60. The summed E-state index contributed by atoms with van der Waals surface area (Å²) in [6.45, 7) is 16.4. The second-order valence-electron chi connectivity index (χ2n) is 10.8. The molecule has 1 amide bonds. The van der Waals surface area contributed by atoms with Gasteiger partial charge in [-0.3, -0.25) is 4.79 Å². The van der Waals surface area contributed by atoms with Gasteiger partial charge in [0.15, 0.2) is 0 Å². The summed E-state index contributed by atoms with van der Waals surface area (Å²) in [4.78, 5) is 25.8. The average molecular weight is 439 g/mol. The smallest absolute Gasteiger partial charge is 0.340 e. The van der Waals surface area contributed by atoms with E-state index < -0.39 is 5.63 Å². The van der Waals surface area contributed by atoms with Crippen LogP contribution in [-0.2, 0) is 11.2 Å². The normalized spacial score (nSPS) is 18.4. The molecule has 3 heterocycles. The van der Waals surface area contributed by atoms with Crippen molar-refractivity contribution in [2.45, 2.75) is 91.8 Å². The van der Waals surface area contributed by atoms with Crippen LogP contribution in [0.4, 0.5) is 0 Å². The van der Waals surface area contributed by atoms with Crippen molar-refractivity contribution in [1.82, 2.24) is 10.6 Å². The Labute approximate surface area is 188 Å². The van der Waals surface area contributed by atoms with Crippen LogP contribution in [0, 0.1) is 27.7 Å². The summed E-state index contributed by atoms with van der Waals surface area (Å²) in [5.41, 5.74) is 3.83. The molecule has 0 atom stereocenters. The van der Waals surface area contributed by atoms with Crippen LogP contribution in [0.3, 0.4) is 0 Å². The molecule has 2 N–H and O–H groups in total. The van der Waals surface area contributed by atoms with E-state index in [0.717, 1.165) is 51.6 Å². The Morgan fingerprint density at radius 1 is 1.03 bits per heavy atom. The van der Waals surface area contributed by atoms with E-state index in [1.54, 1.807) is 0 Å². The summed E-state index contributed by atoms with van der Waals surface area (Å²) < 4.78 is 11.7. The van der Waals surface area contributed by atoms with Gasteiger partial charge in [-0.2, -0.15) is 0 Å². The van der Waals surface area contributed by atoms with Crippen LogP contribution in [0.5, 0.6) is 0 Å². The predicted octanol–water partition coefficient (Wildman–Crippen LogP) is 4.74. The molecular weight excluding hydrogens is 404 g/mol. The highest BCUT2D eigenvalue weighted by molar-refractivity contribution is 6.07. The van der Waals surface area contributed by atoms with Gasteiger partial charge in [0, 0.05) is 22.5 Å². The Kier molecular flexibility index (Phi) is 5.28. The van der Waals surface area contributed by atoms with Crippen molar-refractivity contribution >= 4 is 27.8 Å². The molecule has 1 saturated heterocycles. The lowest BCUT2D eigenvalue weighted by atomic mass is 9.79. The van der Waals surface area contributed by atoms with Crippen LogP contribution in [0.1, 0.15) is 68.6 Å². The predicted molar refractivity (Wildman–Crippen MR) is 127 cm³/mol. The van der Waals surface area contributed by atoms with Gasteiger partial charge in [0.2, 0.25) is 5.91 Å². The van der Waals surface area contributed by atoms with E-state index in [9.17, 15) is 9.59 Å². The zero-order valence-corrected chi connectivity index (χ0v) is 20.4. The number of amides is 1. The summed E-state index contributed by atoms with van der Waals surface area (Å²) in [6, 6.07) is 1.93. The lowest BCUT2D eigenvalue weighted by Gasteiger charge is -2.46. The number of carbonyl (C=O) groups excluding carboxylic acids is 1. The standard InChI is InChI=1S/C26H34N2O4/c1-13-9-19-22(23-21(13)14(2)16(4)31-23)15(3)18(24(30)32-19)10-20(29)27-17-11-25(5,6)28-26(7,8)12-17/h9,17,28H,10-12H2,1-8H3,(H,27,29). The fourth-order valence-corrected chi connectivity index (χ4v) is 5.70. The number of aryl methyl sites for hydroxylation is 4. The van der Waals surface area contributed by atoms with E-state index in [-0.39, 0.29) is 29.4 Å². The Hall–Kier alpha value is -2.60. The number of fused-ring (bicyclic) bond motifs is 3. The minimum atomic E-state index is -0.463. The number of nitrogens with one attached hydrogen (secondary N) is 2. The van der Waals surface area contributed by atoms with Crippen molar-refractivity contribution in [2.24, 2.45) is 0 Å². The van der Waals surface area contributed by atoms with Gasteiger partial charge in [-0.05, 0) is 91.0 Å². The fraction of sp³-hybridized carbons (Fsp3) is 0.538. The molecule has 1 aromatic carbocycles. The molecule has 2 aromatic heterocycles. The van der Waals surface area contributed by atoms with Gasteiger partial charge in [-0.15, -0.1) is 0 Å². The summed E-state index contributed by atoms with van der Waals surface area (Å²) in [5.74, 6) is 0.685. The monoisotopic (exact) mass is 438 g/mol. The molecule has 3 aromatic rings. The van der Waals surface area contributed by atoms with Crippen LogP contribution in [0.25, 0.3) is 21.9 Å². The van der Waals surface area contributed by atoms with Gasteiger partial charge < -0.3 is 19.5 Å². The van der Waals surface area contributed by atoms with Crippen molar-refractivity contribution in [1.29, 1.82) is 0 Å². The molecule has 32 heavy (non-hydrogen) atoms. The maximum absolute atomic E-state index is 13.0. The molecule has 0 aliphatic carbocycles. The van der Waals surface area contributed by atoms with E-state index in [4.69, 9.17) is 8.83 Å². The maximum atomic E-state index is 13.0. The Bertz CT molecular complexity index is 1280. The third-order valence-electron chi connectivity index (χ3n) is 6.77. The quantitative estimate of drug-likeness (QED) is 0.577. The lowest BCUT2D eigenvalue weighted by Crippen LogP contribution is -2.62. The van der Waals surface area contributed by atoms with Crippen LogP contribution < -0.4 is 16.3 Å². The van der Waals surface area contributed by atoms with Crippen LogP contribution in [0.15, 0.2) is 19.7 Å². The molecule has 0 bridgehead atoms. The Morgan fingerprint density at radius 3 is 2.28 bits per heavy atom. The van der Waals surface area contributed by atoms with Gasteiger partial charge in [0.05, 0.1) is 17.4 Å².